The van der Waals surface area contributed by atoms with Gasteiger partial charge in [-0.05, 0) is 63.3 Å². The number of methoxy groups -OCH3 is 1. The minimum atomic E-state index is 0.428. The molecule has 3 heteroatoms. The van der Waals surface area contributed by atoms with Crippen LogP contribution in [0.3, 0.4) is 0 Å². The van der Waals surface area contributed by atoms with Crippen molar-refractivity contribution in [1.29, 1.82) is 0 Å². The second-order valence-corrected chi connectivity index (χ2v) is 6.30. The molecule has 118 valence electrons. The molecule has 1 aromatic carbocycles. The molecule has 0 saturated heterocycles. The van der Waals surface area contributed by atoms with E-state index in [0.29, 0.717) is 18.1 Å². The van der Waals surface area contributed by atoms with Crippen LogP contribution in [0.1, 0.15) is 45.1 Å². The highest BCUT2D eigenvalue weighted by Crippen LogP contribution is 2.25. The van der Waals surface area contributed by atoms with Gasteiger partial charge in [-0.2, -0.15) is 0 Å². The lowest BCUT2D eigenvalue weighted by Gasteiger charge is -2.39. The molecule has 1 aliphatic carbocycles. The topological polar surface area (TPSA) is 38.5 Å². The van der Waals surface area contributed by atoms with Crippen LogP contribution in [0.15, 0.2) is 24.3 Å². The highest BCUT2D eigenvalue weighted by molar-refractivity contribution is 5.27. The van der Waals surface area contributed by atoms with E-state index in [1.54, 1.807) is 7.11 Å². The third-order valence-corrected chi connectivity index (χ3v) is 4.83. The first-order valence-electron chi connectivity index (χ1n) is 8.28. The van der Waals surface area contributed by atoms with Crippen molar-refractivity contribution < 1.29 is 4.74 Å². The van der Waals surface area contributed by atoms with Crippen molar-refractivity contribution in [2.24, 2.45) is 5.73 Å². The molecule has 0 radical (unpaired) electrons. The predicted molar refractivity (Wildman–Crippen MR) is 88.8 cm³/mol. The average molecular weight is 290 g/mol. The Bertz CT molecular complexity index is 410. The average Bonchev–Trinajstić information content (AvgIpc) is 2.50. The summed E-state index contributed by atoms with van der Waals surface area (Å²) in [5.74, 6) is 0.931. The van der Waals surface area contributed by atoms with E-state index in [9.17, 15) is 0 Å². The van der Waals surface area contributed by atoms with E-state index in [-0.39, 0.29) is 0 Å². The van der Waals surface area contributed by atoms with Crippen molar-refractivity contribution in [3.8, 4) is 5.75 Å². The standard InChI is InChI=1S/C18H30N2O/c1-4-20(17-9-7-16(19)8-10-17)14(2)13-15-5-11-18(21-3)12-6-15/h5-6,11-12,14,16-17H,4,7-10,13,19H2,1-3H3. The van der Waals surface area contributed by atoms with Gasteiger partial charge in [0.25, 0.3) is 0 Å². The first-order valence-corrected chi connectivity index (χ1v) is 8.28. The molecule has 21 heavy (non-hydrogen) atoms. The summed E-state index contributed by atoms with van der Waals surface area (Å²) in [7, 11) is 1.71. The molecule has 0 heterocycles. The quantitative estimate of drug-likeness (QED) is 0.874. The van der Waals surface area contributed by atoms with Gasteiger partial charge in [0.05, 0.1) is 7.11 Å². The molecule has 1 fully saturated rings. The number of nitrogens with two attached hydrogens (primary N) is 1. The molecule has 1 aromatic rings. The SMILES string of the molecule is CCN(C(C)Cc1ccc(OC)cc1)C1CCC(N)CC1. The molecule has 2 N–H and O–H groups in total. The maximum Gasteiger partial charge on any atom is 0.118 e. The van der Waals surface area contributed by atoms with Crippen LogP contribution in [0.5, 0.6) is 5.75 Å². The minimum absolute atomic E-state index is 0.428. The van der Waals surface area contributed by atoms with Gasteiger partial charge >= 0.3 is 0 Å². The van der Waals surface area contributed by atoms with Gasteiger partial charge in [0, 0.05) is 18.1 Å². The summed E-state index contributed by atoms with van der Waals surface area (Å²) in [6, 6.07) is 10.2. The Balaban J connectivity index is 1.94. The maximum absolute atomic E-state index is 6.04. The van der Waals surface area contributed by atoms with Gasteiger partial charge in [-0.25, -0.2) is 0 Å². The Hall–Kier alpha value is -1.06. The van der Waals surface area contributed by atoms with Crippen LogP contribution in [-0.4, -0.2) is 36.7 Å². The van der Waals surface area contributed by atoms with Crippen LogP contribution in [0.2, 0.25) is 0 Å². The summed E-state index contributed by atoms with van der Waals surface area (Å²) in [5, 5.41) is 0. The smallest absolute Gasteiger partial charge is 0.118 e. The second kappa shape index (κ2) is 7.81. The molecular weight excluding hydrogens is 260 g/mol. The molecule has 0 bridgehead atoms. The number of ether oxygens (including phenoxy) is 1. The zero-order valence-electron chi connectivity index (χ0n) is 13.7. The largest absolute Gasteiger partial charge is 0.497 e. The van der Waals surface area contributed by atoms with Gasteiger partial charge in [-0.15, -0.1) is 0 Å². The third kappa shape index (κ3) is 4.45. The second-order valence-electron chi connectivity index (χ2n) is 6.30. The predicted octanol–water partition coefficient (Wildman–Crippen LogP) is 3.22. The van der Waals surface area contributed by atoms with Crippen LogP contribution < -0.4 is 10.5 Å². The summed E-state index contributed by atoms with van der Waals surface area (Å²) >= 11 is 0. The van der Waals surface area contributed by atoms with Crippen LogP contribution in [0.25, 0.3) is 0 Å². The molecule has 1 unspecified atom stereocenters. The zero-order chi connectivity index (χ0) is 15.2. The van der Waals surface area contributed by atoms with Gasteiger partial charge in [-0.1, -0.05) is 19.1 Å². The summed E-state index contributed by atoms with van der Waals surface area (Å²) in [4.78, 5) is 2.66. The summed E-state index contributed by atoms with van der Waals surface area (Å²) < 4.78 is 5.23. The Morgan fingerprint density at radius 3 is 2.33 bits per heavy atom. The number of hydrogen-bond acceptors (Lipinski definition) is 3. The number of benzene rings is 1. The molecule has 0 spiro atoms. The van der Waals surface area contributed by atoms with Crippen molar-refractivity contribution in [2.45, 2.75) is 64.1 Å². The molecule has 0 aromatic heterocycles. The van der Waals surface area contributed by atoms with Crippen LogP contribution in [0.4, 0.5) is 0 Å². The third-order valence-electron chi connectivity index (χ3n) is 4.83. The summed E-state index contributed by atoms with van der Waals surface area (Å²) in [6.07, 6.45) is 5.96. The Kier molecular flexibility index (Phi) is 6.07. The molecule has 2 rings (SSSR count). The normalized spacial score (nSPS) is 24.0. The van der Waals surface area contributed by atoms with Crippen molar-refractivity contribution >= 4 is 0 Å². The van der Waals surface area contributed by atoms with Gasteiger partial charge < -0.3 is 10.5 Å². The van der Waals surface area contributed by atoms with Crippen LogP contribution >= 0.6 is 0 Å². The van der Waals surface area contributed by atoms with Gasteiger partial charge in [0.1, 0.15) is 5.75 Å². The number of likely N-dealkylation sites (N-methyl/N-ethyl adjacent to an activating group) is 1. The maximum atomic E-state index is 6.04. The fourth-order valence-corrected chi connectivity index (χ4v) is 3.58. The van der Waals surface area contributed by atoms with Crippen molar-refractivity contribution in [1.82, 2.24) is 4.90 Å². The van der Waals surface area contributed by atoms with Crippen molar-refractivity contribution in [2.75, 3.05) is 13.7 Å². The van der Waals surface area contributed by atoms with E-state index in [2.05, 4.69) is 43.0 Å². The molecule has 3 nitrogen and oxygen atoms in total. The monoisotopic (exact) mass is 290 g/mol. The van der Waals surface area contributed by atoms with E-state index in [1.165, 1.54) is 31.2 Å². The van der Waals surface area contributed by atoms with Crippen molar-refractivity contribution in [3.05, 3.63) is 29.8 Å². The fraction of sp³-hybridized carbons (Fsp3) is 0.667. The molecule has 1 saturated carbocycles. The first-order chi connectivity index (χ1) is 10.1. The van der Waals surface area contributed by atoms with E-state index >= 15 is 0 Å². The lowest BCUT2D eigenvalue weighted by molar-refractivity contribution is 0.114. The Morgan fingerprint density at radius 1 is 1.19 bits per heavy atom. The van der Waals surface area contributed by atoms with Gasteiger partial charge in [0.2, 0.25) is 0 Å². The van der Waals surface area contributed by atoms with Gasteiger partial charge in [0.15, 0.2) is 0 Å². The lowest BCUT2D eigenvalue weighted by atomic mass is 9.89. The summed E-state index contributed by atoms with van der Waals surface area (Å²) in [5.41, 5.74) is 7.42. The molecule has 1 aliphatic rings. The highest BCUT2D eigenvalue weighted by Gasteiger charge is 2.26. The lowest BCUT2D eigenvalue weighted by Crippen LogP contribution is -2.46. The molecular formula is C18H30N2O. The van der Waals surface area contributed by atoms with E-state index in [0.717, 1.165) is 18.7 Å². The van der Waals surface area contributed by atoms with E-state index < -0.39 is 0 Å². The molecule has 0 aliphatic heterocycles. The summed E-state index contributed by atoms with van der Waals surface area (Å²) in [6.45, 7) is 5.75. The fourth-order valence-electron chi connectivity index (χ4n) is 3.58. The van der Waals surface area contributed by atoms with E-state index in [1.807, 2.05) is 0 Å². The Morgan fingerprint density at radius 2 is 1.81 bits per heavy atom. The van der Waals surface area contributed by atoms with Gasteiger partial charge in [-0.3, -0.25) is 4.90 Å². The first kappa shape index (κ1) is 16.3. The number of hydrogen-bond donors (Lipinski definition) is 1. The van der Waals surface area contributed by atoms with E-state index in [4.69, 9.17) is 10.5 Å². The molecule has 0 amide bonds. The minimum Gasteiger partial charge on any atom is -0.497 e. The number of nitrogens with zero attached hydrogens (tertiary/aromatic N) is 1. The molecule has 1 atom stereocenters. The van der Waals surface area contributed by atoms with Crippen LogP contribution in [-0.2, 0) is 6.42 Å². The van der Waals surface area contributed by atoms with Crippen LogP contribution in [0, 0.1) is 0 Å². The van der Waals surface area contributed by atoms with Crippen molar-refractivity contribution in [3.63, 3.8) is 0 Å². The zero-order valence-corrected chi connectivity index (χ0v) is 13.7. The highest BCUT2D eigenvalue weighted by atomic mass is 16.5. The number of rotatable bonds is 6. The Labute approximate surface area is 129 Å².